The Hall–Kier alpha value is -0.693. The van der Waals surface area contributed by atoms with Gasteiger partial charge in [0.05, 0.1) is 0 Å². The molecule has 0 aliphatic rings. The van der Waals surface area contributed by atoms with Crippen LogP contribution in [0.5, 0.6) is 0 Å². The lowest BCUT2D eigenvalue weighted by molar-refractivity contribution is -0.117. The minimum atomic E-state index is -2.63. The largest absolute Gasteiger partial charge is 0.502 e. The highest BCUT2D eigenvalue weighted by Gasteiger charge is 2.39. The molecule has 16 heavy (non-hydrogen) atoms. The van der Waals surface area contributed by atoms with Crippen LogP contribution in [0.2, 0.25) is 6.04 Å². The van der Waals surface area contributed by atoms with E-state index < -0.39 is 8.80 Å². The maximum absolute atomic E-state index is 11.4. The van der Waals surface area contributed by atoms with Crippen LogP contribution in [0.3, 0.4) is 0 Å². The maximum atomic E-state index is 11.4. The topological polar surface area (TPSA) is 56.8 Å². The Morgan fingerprint density at radius 1 is 1.31 bits per heavy atom. The molecule has 1 N–H and O–H groups in total. The zero-order valence-electron chi connectivity index (χ0n) is 10.6. The van der Waals surface area contributed by atoms with Gasteiger partial charge in [0.25, 0.3) is 0 Å². The molecule has 0 bridgehead atoms. The average Bonchev–Trinajstić information content (AvgIpc) is 2.26. The second kappa shape index (κ2) is 6.80. The highest BCUT2D eigenvalue weighted by molar-refractivity contribution is 6.60. The fourth-order valence-corrected chi connectivity index (χ4v) is 3.13. The predicted octanol–water partition coefficient (Wildman–Crippen LogP) is 0.945. The molecule has 94 valence electrons. The molecule has 0 heterocycles. The van der Waals surface area contributed by atoms with E-state index in [1.807, 2.05) is 6.92 Å². The monoisotopic (exact) mass is 247 g/mol. The van der Waals surface area contributed by atoms with Crippen LogP contribution in [-0.2, 0) is 18.1 Å². The summed E-state index contributed by atoms with van der Waals surface area (Å²) in [5, 5.41) is 2.79. The van der Waals surface area contributed by atoms with Gasteiger partial charge in [-0.25, -0.2) is 0 Å². The van der Waals surface area contributed by atoms with Crippen LogP contribution in [-0.4, -0.2) is 42.1 Å². The lowest BCUT2D eigenvalue weighted by Gasteiger charge is -2.27. The van der Waals surface area contributed by atoms with Gasteiger partial charge in [0.15, 0.2) is 0 Å². The molecular formula is C10H21NO4Si. The van der Waals surface area contributed by atoms with E-state index in [0.29, 0.717) is 11.6 Å². The van der Waals surface area contributed by atoms with Gasteiger partial charge in [0.2, 0.25) is 5.91 Å². The van der Waals surface area contributed by atoms with Gasteiger partial charge in [-0.15, -0.1) is 0 Å². The van der Waals surface area contributed by atoms with Crippen molar-refractivity contribution in [2.75, 3.05) is 21.3 Å². The normalized spacial score (nSPS) is 13.3. The Morgan fingerprint density at radius 2 is 1.75 bits per heavy atom. The van der Waals surface area contributed by atoms with Crippen LogP contribution in [0.1, 0.15) is 13.8 Å². The van der Waals surface area contributed by atoms with Gasteiger partial charge in [0.1, 0.15) is 0 Å². The van der Waals surface area contributed by atoms with E-state index in [1.165, 1.54) is 0 Å². The summed E-state index contributed by atoms with van der Waals surface area (Å²) < 4.78 is 15.8. The summed E-state index contributed by atoms with van der Waals surface area (Å²) in [4.78, 5) is 11.4. The van der Waals surface area contributed by atoms with Crippen molar-refractivity contribution in [1.82, 2.24) is 5.32 Å². The van der Waals surface area contributed by atoms with Crippen molar-refractivity contribution in [3.63, 3.8) is 0 Å². The third-order valence-corrected chi connectivity index (χ3v) is 5.23. The van der Waals surface area contributed by atoms with Crippen LogP contribution in [0.25, 0.3) is 0 Å². The molecule has 0 fully saturated rings. The number of carbonyl (C=O) groups is 1. The van der Waals surface area contributed by atoms with Gasteiger partial charge in [-0.05, 0) is 13.8 Å². The number of hydrogen-bond acceptors (Lipinski definition) is 4. The van der Waals surface area contributed by atoms with E-state index in [0.717, 1.165) is 0 Å². The van der Waals surface area contributed by atoms with Crippen LogP contribution >= 0.6 is 0 Å². The first-order valence-electron chi connectivity index (χ1n) is 5.02. The minimum Gasteiger partial charge on any atom is -0.377 e. The number of amides is 1. The zero-order valence-corrected chi connectivity index (χ0v) is 11.6. The second-order valence-electron chi connectivity index (χ2n) is 3.65. The molecule has 0 aromatic rings. The standard InChI is InChI=1S/C10H21NO4Si/c1-8(2)10(12)11-9(3)7-16(13-4,14-5)15-6/h9H,1,7H2,2-6H3,(H,11,12). The summed E-state index contributed by atoms with van der Waals surface area (Å²) >= 11 is 0. The predicted molar refractivity (Wildman–Crippen MR) is 64.0 cm³/mol. The molecule has 0 aromatic carbocycles. The lowest BCUT2D eigenvalue weighted by Crippen LogP contribution is -2.48. The minimum absolute atomic E-state index is 0.0873. The fraction of sp³-hybridized carbons (Fsp3) is 0.700. The lowest BCUT2D eigenvalue weighted by atomic mass is 10.3. The highest BCUT2D eigenvalue weighted by Crippen LogP contribution is 2.15. The molecular weight excluding hydrogens is 226 g/mol. The quantitative estimate of drug-likeness (QED) is 0.537. The van der Waals surface area contributed by atoms with E-state index in [9.17, 15) is 4.79 Å². The smallest absolute Gasteiger partial charge is 0.377 e. The van der Waals surface area contributed by atoms with Crippen molar-refractivity contribution >= 4 is 14.7 Å². The summed E-state index contributed by atoms with van der Waals surface area (Å²) in [6.45, 7) is 7.11. The fourth-order valence-electron chi connectivity index (χ4n) is 1.27. The van der Waals surface area contributed by atoms with Crippen LogP contribution in [0.4, 0.5) is 0 Å². The molecule has 0 aromatic heterocycles. The number of hydrogen-bond donors (Lipinski definition) is 1. The van der Waals surface area contributed by atoms with Gasteiger partial charge in [-0.1, -0.05) is 6.58 Å². The van der Waals surface area contributed by atoms with Gasteiger partial charge >= 0.3 is 8.80 Å². The number of nitrogens with one attached hydrogen (secondary N) is 1. The Bertz CT molecular complexity index is 245. The van der Waals surface area contributed by atoms with E-state index in [2.05, 4.69) is 11.9 Å². The van der Waals surface area contributed by atoms with Gasteiger partial charge < -0.3 is 18.6 Å². The molecule has 0 aliphatic carbocycles. The molecule has 6 heteroatoms. The van der Waals surface area contributed by atoms with Crippen molar-refractivity contribution in [1.29, 1.82) is 0 Å². The summed E-state index contributed by atoms with van der Waals surface area (Å²) in [6, 6.07) is 0.436. The molecule has 0 saturated carbocycles. The van der Waals surface area contributed by atoms with Crippen molar-refractivity contribution in [3.8, 4) is 0 Å². The molecule has 0 radical (unpaired) electrons. The Labute approximate surface area is 98.1 Å². The van der Waals surface area contributed by atoms with Crippen molar-refractivity contribution < 1.29 is 18.1 Å². The first-order valence-corrected chi connectivity index (χ1v) is 6.95. The summed E-state index contributed by atoms with van der Waals surface area (Å²) in [5.74, 6) is -0.168. The third kappa shape index (κ3) is 4.44. The molecule has 1 unspecified atom stereocenters. The van der Waals surface area contributed by atoms with Crippen molar-refractivity contribution in [2.45, 2.75) is 25.9 Å². The molecule has 1 amide bonds. The molecule has 5 nitrogen and oxygen atoms in total. The van der Waals surface area contributed by atoms with E-state index in [1.54, 1.807) is 28.3 Å². The van der Waals surface area contributed by atoms with E-state index in [4.69, 9.17) is 13.3 Å². The first kappa shape index (κ1) is 15.3. The molecule has 0 aliphatic heterocycles. The Balaban J connectivity index is 4.36. The Kier molecular flexibility index (Phi) is 6.50. The van der Waals surface area contributed by atoms with Crippen molar-refractivity contribution in [2.24, 2.45) is 0 Å². The molecule has 0 rings (SSSR count). The number of carbonyl (C=O) groups excluding carboxylic acids is 1. The van der Waals surface area contributed by atoms with E-state index >= 15 is 0 Å². The average molecular weight is 247 g/mol. The van der Waals surface area contributed by atoms with Gasteiger partial charge in [-0.2, -0.15) is 0 Å². The van der Waals surface area contributed by atoms with E-state index in [-0.39, 0.29) is 11.9 Å². The number of rotatable bonds is 7. The zero-order chi connectivity index (χ0) is 12.8. The van der Waals surface area contributed by atoms with Crippen LogP contribution in [0, 0.1) is 0 Å². The molecule has 1 atom stereocenters. The maximum Gasteiger partial charge on any atom is 0.502 e. The molecule has 0 saturated heterocycles. The van der Waals surface area contributed by atoms with Gasteiger partial charge in [-0.3, -0.25) is 4.79 Å². The summed E-state index contributed by atoms with van der Waals surface area (Å²) in [6.07, 6.45) is 0. The molecule has 0 spiro atoms. The van der Waals surface area contributed by atoms with Crippen LogP contribution < -0.4 is 5.32 Å². The highest BCUT2D eigenvalue weighted by atomic mass is 28.4. The second-order valence-corrected chi connectivity index (χ2v) is 6.65. The third-order valence-electron chi connectivity index (χ3n) is 2.25. The first-order chi connectivity index (χ1) is 7.40. The summed E-state index contributed by atoms with van der Waals surface area (Å²) in [7, 11) is 2.02. The SMILES string of the molecule is C=C(C)C(=O)NC(C)C[Si](OC)(OC)OC. The van der Waals surface area contributed by atoms with Crippen LogP contribution in [0.15, 0.2) is 12.2 Å². The van der Waals surface area contributed by atoms with Crippen molar-refractivity contribution in [3.05, 3.63) is 12.2 Å². The summed E-state index contributed by atoms with van der Waals surface area (Å²) in [5.41, 5.74) is 0.478. The van der Waals surface area contributed by atoms with Gasteiger partial charge in [0, 0.05) is 39.0 Å². The Morgan fingerprint density at radius 3 is 2.06 bits per heavy atom.